The molecule has 0 aromatic heterocycles. The van der Waals surface area contributed by atoms with Crippen LogP contribution in [0, 0.1) is 0 Å². The fourth-order valence-electron chi connectivity index (χ4n) is 2.08. The number of anilines is 1. The summed E-state index contributed by atoms with van der Waals surface area (Å²) in [5.74, 6) is 0.0187. The van der Waals surface area contributed by atoms with Gasteiger partial charge in [-0.1, -0.05) is 12.1 Å². The van der Waals surface area contributed by atoms with Crippen molar-refractivity contribution in [3.63, 3.8) is 0 Å². The van der Waals surface area contributed by atoms with E-state index in [4.69, 9.17) is 10.5 Å². The van der Waals surface area contributed by atoms with E-state index in [1.54, 1.807) is 0 Å². The van der Waals surface area contributed by atoms with Gasteiger partial charge in [0.1, 0.15) is 6.10 Å². The molecule has 0 spiro atoms. The summed E-state index contributed by atoms with van der Waals surface area (Å²) < 4.78 is 5.43. The second-order valence-corrected chi connectivity index (χ2v) is 4.64. The van der Waals surface area contributed by atoms with Crippen LogP contribution >= 0.6 is 12.4 Å². The molecule has 0 radical (unpaired) electrons. The fraction of sp³-hybridized carbons (Fsp3) is 0.500. The maximum absolute atomic E-state index is 11.8. The van der Waals surface area contributed by atoms with Crippen molar-refractivity contribution in [2.45, 2.75) is 31.8 Å². The van der Waals surface area contributed by atoms with Gasteiger partial charge < -0.3 is 15.8 Å². The molecule has 1 heterocycles. The second kappa shape index (κ2) is 8.02. The Labute approximate surface area is 120 Å². The Morgan fingerprint density at radius 1 is 1.32 bits per heavy atom. The van der Waals surface area contributed by atoms with Crippen LogP contribution in [0.25, 0.3) is 0 Å². The lowest BCUT2D eigenvalue weighted by atomic mass is 10.1. The molecule has 0 saturated carbocycles. The molecule has 1 unspecified atom stereocenters. The van der Waals surface area contributed by atoms with Gasteiger partial charge >= 0.3 is 0 Å². The van der Waals surface area contributed by atoms with E-state index >= 15 is 0 Å². The van der Waals surface area contributed by atoms with Gasteiger partial charge in [0.15, 0.2) is 0 Å². The average molecular weight is 285 g/mol. The first-order valence-electron chi connectivity index (χ1n) is 6.49. The number of benzene rings is 1. The minimum absolute atomic E-state index is 0. The Kier molecular flexibility index (Phi) is 6.67. The molecular weight excluding hydrogens is 264 g/mol. The zero-order valence-corrected chi connectivity index (χ0v) is 11.7. The fourth-order valence-corrected chi connectivity index (χ4v) is 2.08. The summed E-state index contributed by atoms with van der Waals surface area (Å²) in [6.07, 6.45) is 3.56. The van der Waals surface area contributed by atoms with E-state index in [1.807, 2.05) is 24.3 Å². The molecular formula is C14H21ClN2O2. The quantitative estimate of drug-likeness (QED) is 0.830. The van der Waals surface area contributed by atoms with Gasteiger partial charge in [0, 0.05) is 18.8 Å². The zero-order valence-electron chi connectivity index (χ0n) is 10.9. The highest BCUT2D eigenvalue weighted by molar-refractivity contribution is 5.85. The van der Waals surface area contributed by atoms with Crippen molar-refractivity contribution in [1.82, 2.24) is 5.32 Å². The number of hydrogen-bond acceptors (Lipinski definition) is 3. The predicted molar refractivity (Wildman–Crippen MR) is 78.4 cm³/mol. The van der Waals surface area contributed by atoms with Crippen LogP contribution in [0.1, 0.15) is 24.8 Å². The number of nitrogens with one attached hydrogen (secondary N) is 1. The van der Waals surface area contributed by atoms with Gasteiger partial charge in [-0.25, -0.2) is 0 Å². The first-order chi connectivity index (χ1) is 8.75. The highest BCUT2D eigenvalue weighted by Gasteiger charge is 2.21. The van der Waals surface area contributed by atoms with Crippen molar-refractivity contribution in [3.05, 3.63) is 29.8 Å². The molecule has 1 amide bonds. The first kappa shape index (κ1) is 15.8. The number of halogens is 1. The molecule has 1 aliphatic rings. The van der Waals surface area contributed by atoms with Gasteiger partial charge in [0.25, 0.3) is 0 Å². The van der Waals surface area contributed by atoms with Crippen LogP contribution in [0.4, 0.5) is 5.69 Å². The molecule has 3 N–H and O–H groups in total. The Bertz CT molecular complexity index is 389. The number of hydrogen-bond donors (Lipinski definition) is 2. The lowest BCUT2D eigenvalue weighted by Gasteiger charge is -2.21. The van der Waals surface area contributed by atoms with Gasteiger partial charge in [-0.05, 0) is 43.4 Å². The lowest BCUT2D eigenvalue weighted by Crippen LogP contribution is -2.39. The van der Waals surface area contributed by atoms with E-state index in [1.165, 1.54) is 5.56 Å². The molecule has 1 aromatic rings. The topological polar surface area (TPSA) is 64.3 Å². The van der Waals surface area contributed by atoms with E-state index in [-0.39, 0.29) is 24.4 Å². The summed E-state index contributed by atoms with van der Waals surface area (Å²) in [5, 5.41) is 2.92. The maximum atomic E-state index is 11.8. The largest absolute Gasteiger partial charge is 0.399 e. The summed E-state index contributed by atoms with van der Waals surface area (Å²) in [6.45, 7) is 1.35. The summed E-state index contributed by atoms with van der Waals surface area (Å²) in [5.41, 5.74) is 7.55. The van der Waals surface area contributed by atoms with Crippen molar-refractivity contribution in [1.29, 1.82) is 0 Å². The van der Waals surface area contributed by atoms with Crippen LogP contribution in [-0.4, -0.2) is 25.2 Å². The van der Waals surface area contributed by atoms with Crippen molar-refractivity contribution in [3.8, 4) is 0 Å². The highest BCUT2D eigenvalue weighted by Crippen LogP contribution is 2.12. The standard InChI is InChI=1S/C14H20N2O2.ClH/c15-12-6-4-11(5-7-12)8-9-16-14(17)13-3-1-2-10-18-13;/h4-7,13H,1-3,8-10,15H2,(H,16,17);1H. The SMILES string of the molecule is Cl.Nc1ccc(CCNC(=O)C2CCCCO2)cc1. The Morgan fingerprint density at radius 2 is 2.05 bits per heavy atom. The number of ether oxygens (including phenoxy) is 1. The third-order valence-electron chi connectivity index (χ3n) is 3.16. The molecule has 2 rings (SSSR count). The van der Waals surface area contributed by atoms with Crippen LogP contribution in [-0.2, 0) is 16.0 Å². The third kappa shape index (κ3) is 5.09. The van der Waals surface area contributed by atoms with Crippen LogP contribution in [0.3, 0.4) is 0 Å². The molecule has 0 bridgehead atoms. The maximum Gasteiger partial charge on any atom is 0.249 e. The zero-order chi connectivity index (χ0) is 12.8. The Hall–Kier alpha value is -1.26. The molecule has 1 atom stereocenters. The second-order valence-electron chi connectivity index (χ2n) is 4.64. The molecule has 106 valence electrons. The van der Waals surface area contributed by atoms with E-state index in [0.717, 1.165) is 31.4 Å². The molecule has 1 aromatic carbocycles. The Morgan fingerprint density at radius 3 is 2.68 bits per heavy atom. The van der Waals surface area contributed by atoms with Gasteiger partial charge in [-0.2, -0.15) is 0 Å². The molecule has 1 saturated heterocycles. The predicted octanol–water partition coefficient (Wildman–Crippen LogP) is 1.92. The summed E-state index contributed by atoms with van der Waals surface area (Å²) in [7, 11) is 0. The molecule has 19 heavy (non-hydrogen) atoms. The van der Waals surface area contributed by atoms with Crippen LogP contribution in [0.2, 0.25) is 0 Å². The first-order valence-corrected chi connectivity index (χ1v) is 6.49. The number of nitrogens with two attached hydrogens (primary N) is 1. The molecule has 4 nitrogen and oxygen atoms in total. The smallest absolute Gasteiger partial charge is 0.249 e. The van der Waals surface area contributed by atoms with Gasteiger partial charge in [-0.15, -0.1) is 12.4 Å². The van der Waals surface area contributed by atoms with Gasteiger partial charge in [0.05, 0.1) is 0 Å². The number of carbonyl (C=O) groups excluding carboxylic acids is 1. The van der Waals surface area contributed by atoms with Crippen LogP contribution < -0.4 is 11.1 Å². The summed E-state index contributed by atoms with van der Waals surface area (Å²) >= 11 is 0. The number of carbonyl (C=O) groups is 1. The summed E-state index contributed by atoms with van der Waals surface area (Å²) in [4.78, 5) is 11.8. The van der Waals surface area contributed by atoms with Crippen LogP contribution in [0.5, 0.6) is 0 Å². The summed E-state index contributed by atoms with van der Waals surface area (Å²) in [6, 6.07) is 7.72. The van der Waals surface area contributed by atoms with Crippen molar-refractivity contribution >= 4 is 24.0 Å². The van der Waals surface area contributed by atoms with E-state index in [0.29, 0.717) is 13.2 Å². The average Bonchev–Trinajstić information content (AvgIpc) is 2.42. The van der Waals surface area contributed by atoms with E-state index in [9.17, 15) is 4.79 Å². The Balaban J connectivity index is 0.00000180. The monoisotopic (exact) mass is 284 g/mol. The molecule has 1 aliphatic heterocycles. The molecule has 1 fully saturated rings. The number of nitrogen functional groups attached to an aromatic ring is 1. The minimum atomic E-state index is -0.245. The van der Waals surface area contributed by atoms with Crippen molar-refractivity contribution in [2.24, 2.45) is 0 Å². The third-order valence-corrected chi connectivity index (χ3v) is 3.16. The van der Waals surface area contributed by atoms with E-state index < -0.39 is 0 Å². The van der Waals surface area contributed by atoms with E-state index in [2.05, 4.69) is 5.32 Å². The highest BCUT2D eigenvalue weighted by atomic mass is 35.5. The van der Waals surface area contributed by atoms with Crippen LogP contribution in [0.15, 0.2) is 24.3 Å². The molecule has 5 heteroatoms. The van der Waals surface area contributed by atoms with Gasteiger partial charge in [-0.3, -0.25) is 4.79 Å². The minimum Gasteiger partial charge on any atom is -0.399 e. The number of rotatable bonds is 4. The lowest BCUT2D eigenvalue weighted by molar-refractivity contribution is -0.135. The van der Waals surface area contributed by atoms with Crippen molar-refractivity contribution < 1.29 is 9.53 Å². The number of amides is 1. The normalized spacial score (nSPS) is 18.4. The molecule has 0 aliphatic carbocycles. The van der Waals surface area contributed by atoms with Crippen molar-refractivity contribution in [2.75, 3.05) is 18.9 Å². The van der Waals surface area contributed by atoms with Gasteiger partial charge in [0.2, 0.25) is 5.91 Å².